The molecule has 0 spiro atoms. The minimum absolute atomic E-state index is 0.0700. The molecule has 4 atom stereocenters. The van der Waals surface area contributed by atoms with Gasteiger partial charge in [0.1, 0.15) is 0 Å². The molecule has 0 aromatic heterocycles. The van der Waals surface area contributed by atoms with Gasteiger partial charge in [-0.05, 0) is 38.1 Å². The number of carbonyl (C=O) groups excluding carboxylic acids is 1. The smallest absolute Gasteiger partial charge is 0.237 e. The number of carbonyl (C=O) groups is 1. The molecule has 0 saturated heterocycles. The zero-order valence-electron chi connectivity index (χ0n) is 11.8. The summed E-state index contributed by atoms with van der Waals surface area (Å²) in [6.07, 6.45) is 4.75. The molecule has 1 saturated carbocycles. The van der Waals surface area contributed by atoms with Gasteiger partial charge in [-0.25, -0.2) is 0 Å². The SMILES string of the molecule is CCCNC(C)C(=O)NC1CCCC(C)C1C. The second-order valence-electron chi connectivity index (χ2n) is 5.56. The summed E-state index contributed by atoms with van der Waals surface area (Å²) in [7, 11) is 0. The van der Waals surface area contributed by atoms with Gasteiger partial charge in [0.15, 0.2) is 0 Å². The molecule has 17 heavy (non-hydrogen) atoms. The molecule has 0 bridgehead atoms. The lowest BCUT2D eigenvalue weighted by Gasteiger charge is -2.35. The van der Waals surface area contributed by atoms with Gasteiger partial charge >= 0.3 is 0 Å². The number of amides is 1. The molecule has 1 amide bonds. The second-order valence-corrected chi connectivity index (χ2v) is 5.56. The predicted molar refractivity (Wildman–Crippen MR) is 71.9 cm³/mol. The van der Waals surface area contributed by atoms with Crippen molar-refractivity contribution in [2.45, 2.75) is 65.5 Å². The van der Waals surface area contributed by atoms with Gasteiger partial charge in [-0.1, -0.05) is 33.6 Å². The first kappa shape index (κ1) is 14.5. The molecule has 3 heteroatoms. The van der Waals surface area contributed by atoms with Crippen LogP contribution in [0.2, 0.25) is 0 Å². The molecular weight excluding hydrogens is 212 g/mol. The van der Waals surface area contributed by atoms with Crippen molar-refractivity contribution in [2.75, 3.05) is 6.54 Å². The van der Waals surface area contributed by atoms with Crippen LogP contribution >= 0.6 is 0 Å². The van der Waals surface area contributed by atoms with E-state index < -0.39 is 0 Å². The van der Waals surface area contributed by atoms with E-state index in [0.29, 0.717) is 12.0 Å². The Morgan fingerprint density at radius 2 is 2.06 bits per heavy atom. The van der Waals surface area contributed by atoms with Gasteiger partial charge in [0.25, 0.3) is 0 Å². The Hall–Kier alpha value is -0.570. The minimum atomic E-state index is -0.0700. The molecule has 1 fully saturated rings. The molecular formula is C14H28N2O. The van der Waals surface area contributed by atoms with Crippen molar-refractivity contribution < 1.29 is 4.79 Å². The lowest BCUT2D eigenvalue weighted by atomic mass is 9.78. The Bertz CT molecular complexity index is 242. The minimum Gasteiger partial charge on any atom is -0.352 e. The largest absolute Gasteiger partial charge is 0.352 e. The fraction of sp³-hybridized carbons (Fsp3) is 0.929. The number of hydrogen-bond donors (Lipinski definition) is 2. The van der Waals surface area contributed by atoms with Crippen LogP contribution in [-0.2, 0) is 4.79 Å². The lowest BCUT2D eigenvalue weighted by Crippen LogP contribution is -2.50. The molecule has 0 heterocycles. The summed E-state index contributed by atoms with van der Waals surface area (Å²) in [4.78, 5) is 12.0. The van der Waals surface area contributed by atoms with Gasteiger partial charge in [-0.3, -0.25) is 4.79 Å². The van der Waals surface area contributed by atoms with Crippen LogP contribution in [0.15, 0.2) is 0 Å². The molecule has 0 aromatic carbocycles. The van der Waals surface area contributed by atoms with Crippen molar-refractivity contribution in [1.82, 2.24) is 10.6 Å². The van der Waals surface area contributed by atoms with Crippen LogP contribution < -0.4 is 10.6 Å². The van der Waals surface area contributed by atoms with Gasteiger partial charge in [0.05, 0.1) is 6.04 Å². The normalized spacial score (nSPS) is 30.9. The van der Waals surface area contributed by atoms with Crippen LogP contribution in [0, 0.1) is 11.8 Å². The Labute approximate surface area is 106 Å². The maximum Gasteiger partial charge on any atom is 0.237 e. The van der Waals surface area contributed by atoms with Crippen LogP contribution in [-0.4, -0.2) is 24.5 Å². The zero-order valence-corrected chi connectivity index (χ0v) is 11.8. The lowest BCUT2D eigenvalue weighted by molar-refractivity contribution is -0.124. The van der Waals surface area contributed by atoms with Crippen molar-refractivity contribution in [2.24, 2.45) is 11.8 Å². The fourth-order valence-corrected chi connectivity index (χ4v) is 2.55. The maximum atomic E-state index is 12.0. The topological polar surface area (TPSA) is 41.1 Å². The predicted octanol–water partition coefficient (Wildman–Crippen LogP) is 2.32. The Morgan fingerprint density at radius 3 is 2.71 bits per heavy atom. The van der Waals surface area contributed by atoms with Crippen LogP contribution in [0.3, 0.4) is 0 Å². The van der Waals surface area contributed by atoms with E-state index in [1.165, 1.54) is 12.8 Å². The molecule has 0 radical (unpaired) electrons. The zero-order chi connectivity index (χ0) is 12.8. The van der Waals surface area contributed by atoms with E-state index in [4.69, 9.17) is 0 Å². The van der Waals surface area contributed by atoms with Crippen molar-refractivity contribution >= 4 is 5.91 Å². The van der Waals surface area contributed by atoms with Crippen molar-refractivity contribution in [3.8, 4) is 0 Å². The van der Waals surface area contributed by atoms with Crippen molar-refractivity contribution in [3.63, 3.8) is 0 Å². The van der Waals surface area contributed by atoms with E-state index in [1.54, 1.807) is 0 Å². The van der Waals surface area contributed by atoms with E-state index >= 15 is 0 Å². The molecule has 1 aliphatic carbocycles. The average Bonchev–Trinajstić information content (AvgIpc) is 2.31. The Morgan fingerprint density at radius 1 is 1.35 bits per heavy atom. The molecule has 1 aliphatic rings. The molecule has 2 N–H and O–H groups in total. The summed E-state index contributed by atoms with van der Waals surface area (Å²) in [5, 5.41) is 6.44. The van der Waals surface area contributed by atoms with Crippen LogP contribution in [0.25, 0.3) is 0 Å². The fourth-order valence-electron chi connectivity index (χ4n) is 2.55. The van der Waals surface area contributed by atoms with E-state index in [9.17, 15) is 4.79 Å². The monoisotopic (exact) mass is 240 g/mol. The summed E-state index contributed by atoms with van der Waals surface area (Å²) in [5.74, 6) is 1.49. The summed E-state index contributed by atoms with van der Waals surface area (Å²) < 4.78 is 0. The molecule has 0 aliphatic heterocycles. The summed E-state index contributed by atoms with van der Waals surface area (Å²) in [6.45, 7) is 9.52. The molecule has 1 rings (SSSR count). The van der Waals surface area contributed by atoms with Gasteiger partial charge in [-0.2, -0.15) is 0 Å². The first-order chi connectivity index (χ1) is 8.06. The summed E-state index contributed by atoms with van der Waals surface area (Å²) in [5.41, 5.74) is 0. The first-order valence-corrected chi connectivity index (χ1v) is 7.10. The van der Waals surface area contributed by atoms with Crippen LogP contribution in [0.5, 0.6) is 0 Å². The van der Waals surface area contributed by atoms with E-state index in [1.807, 2.05) is 6.92 Å². The van der Waals surface area contributed by atoms with Crippen LogP contribution in [0.4, 0.5) is 0 Å². The number of rotatable bonds is 5. The standard InChI is InChI=1S/C14H28N2O/c1-5-9-15-12(4)14(17)16-13-8-6-7-10(2)11(13)3/h10-13,15H,5-9H2,1-4H3,(H,16,17). The highest BCUT2D eigenvalue weighted by atomic mass is 16.2. The van der Waals surface area contributed by atoms with E-state index in [-0.39, 0.29) is 11.9 Å². The quantitative estimate of drug-likeness (QED) is 0.774. The van der Waals surface area contributed by atoms with E-state index in [0.717, 1.165) is 25.3 Å². The highest BCUT2D eigenvalue weighted by Crippen LogP contribution is 2.29. The third-order valence-electron chi connectivity index (χ3n) is 4.13. The van der Waals surface area contributed by atoms with Gasteiger partial charge < -0.3 is 10.6 Å². The molecule has 4 unspecified atom stereocenters. The van der Waals surface area contributed by atoms with Crippen molar-refractivity contribution in [3.05, 3.63) is 0 Å². The third kappa shape index (κ3) is 4.30. The van der Waals surface area contributed by atoms with Crippen molar-refractivity contribution in [1.29, 1.82) is 0 Å². The third-order valence-corrected chi connectivity index (χ3v) is 4.13. The second kappa shape index (κ2) is 7.00. The van der Waals surface area contributed by atoms with Gasteiger partial charge in [0, 0.05) is 6.04 Å². The molecule has 0 aromatic rings. The number of hydrogen-bond acceptors (Lipinski definition) is 2. The highest BCUT2D eigenvalue weighted by Gasteiger charge is 2.28. The molecule has 100 valence electrons. The molecule has 3 nitrogen and oxygen atoms in total. The Balaban J connectivity index is 2.39. The average molecular weight is 240 g/mol. The summed E-state index contributed by atoms with van der Waals surface area (Å²) in [6, 6.07) is 0.302. The highest BCUT2D eigenvalue weighted by molar-refractivity contribution is 5.81. The van der Waals surface area contributed by atoms with Gasteiger partial charge in [-0.15, -0.1) is 0 Å². The Kier molecular flexibility index (Phi) is 5.96. The maximum absolute atomic E-state index is 12.0. The first-order valence-electron chi connectivity index (χ1n) is 7.10. The number of nitrogens with one attached hydrogen (secondary N) is 2. The van der Waals surface area contributed by atoms with Gasteiger partial charge in [0.2, 0.25) is 5.91 Å². The summed E-state index contributed by atoms with van der Waals surface area (Å²) >= 11 is 0. The van der Waals surface area contributed by atoms with E-state index in [2.05, 4.69) is 31.4 Å². The van der Waals surface area contributed by atoms with Crippen LogP contribution in [0.1, 0.15) is 53.4 Å².